The Labute approximate surface area is 143 Å². The summed E-state index contributed by atoms with van der Waals surface area (Å²) in [6.45, 7) is 2.07. The molecule has 0 spiro atoms. The Balaban J connectivity index is 1.78. The molecule has 118 valence electrons. The third-order valence-corrected chi connectivity index (χ3v) is 4.75. The number of imidazole rings is 1. The number of halogens is 1. The molecule has 0 bridgehead atoms. The summed E-state index contributed by atoms with van der Waals surface area (Å²) in [6.07, 6.45) is 5.44. The van der Waals surface area contributed by atoms with Crippen molar-refractivity contribution in [3.63, 3.8) is 0 Å². The number of nitrogens with zero attached hydrogens (tertiary/aromatic N) is 3. The van der Waals surface area contributed by atoms with E-state index >= 15 is 0 Å². The summed E-state index contributed by atoms with van der Waals surface area (Å²) in [6, 6.07) is 14.8. The minimum atomic E-state index is -0.280. The first-order chi connectivity index (χ1) is 11.7. The van der Waals surface area contributed by atoms with Crippen LogP contribution in [0.1, 0.15) is 5.56 Å². The fourth-order valence-corrected chi connectivity index (χ4v) is 3.40. The molecule has 2 aromatic carbocycles. The van der Waals surface area contributed by atoms with Crippen molar-refractivity contribution >= 4 is 17.4 Å². The Bertz CT molecular complexity index is 1010. The largest absolute Gasteiger partial charge is 0.291 e. The van der Waals surface area contributed by atoms with Gasteiger partial charge in [-0.05, 0) is 31.2 Å². The van der Waals surface area contributed by atoms with Gasteiger partial charge in [-0.25, -0.2) is 14.4 Å². The van der Waals surface area contributed by atoms with Crippen molar-refractivity contribution in [1.29, 1.82) is 0 Å². The highest BCUT2D eigenvalue weighted by Gasteiger charge is 2.12. The second-order valence-electron chi connectivity index (χ2n) is 5.49. The fraction of sp³-hybridized carbons (Fsp3) is 0.0526. The van der Waals surface area contributed by atoms with Crippen LogP contribution in [-0.4, -0.2) is 14.4 Å². The first-order valence-electron chi connectivity index (χ1n) is 7.53. The van der Waals surface area contributed by atoms with E-state index in [1.54, 1.807) is 30.2 Å². The SMILES string of the molecule is Cc1ccc(Sc2cnc(-c3cccc(F)c3)c3nccn23)cc1. The van der Waals surface area contributed by atoms with Crippen molar-refractivity contribution in [2.45, 2.75) is 16.8 Å². The van der Waals surface area contributed by atoms with Gasteiger partial charge in [-0.3, -0.25) is 4.40 Å². The molecule has 0 fully saturated rings. The van der Waals surface area contributed by atoms with Gasteiger partial charge in [0.1, 0.15) is 16.5 Å². The average Bonchev–Trinajstić information content (AvgIpc) is 3.07. The van der Waals surface area contributed by atoms with E-state index in [4.69, 9.17) is 0 Å². The molecule has 0 aliphatic heterocycles. The molecule has 2 heterocycles. The standard InChI is InChI=1S/C19H14FN3S/c1-13-5-7-16(8-6-13)24-17-12-22-18(19-21-9-10-23(17)19)14-3-2-4-15(20)11-14/h2-12H,1H3. The lowest BCUT2D eigenvalue weighted by atomic mass is 10.1. The Kier molecular flexibility index (Phi) is 3.78. The first kappa shape index (κ1) is 14.9. The molecule has 0 N–H and O–H groups in total. The van der Waals surface area contributed by atoms with Crippen LogP contribution in [0.4, 0.5) is 4.39 Å². The summed E-state index contributed by atoms with van der Waals surface area (Å²) < 4.78 is 15.5. The van der Waals surface area contributed by atoms with E-state index < -0.39 is 0 Å². The summed E-state index contributed by atoms with van der Waals surface area (Å²) >= 11 is 1.62. The van der Waals surface area contributed by atoms with Gasteiger partial charge < -0.3 is 0 Å². The predicted octanol–water partition coefficient (Wildman–Crippen LogP) is 5.00. The lowest BCUT2D eigenvalue weighted by molar-refractivity contribution is 0.628. The van der Waals surface area contributed by atoms with Crippen molar-refractivity contribution in [1.82, 2.24) is 14.4 Å². The maximum Gasteiger partial charge on any atom is 0.164 e. The second kappa shape index (κ2) is 6.09. The molecule has 2 aromatic heterocycles. The van der Waals surface area contributed by atoms with Gasteiger partial charge in [0, 0.05) is 22.9 Å². The normalized spacial score (nSPS) is 11.1. The summed E-state index contributed by atoms with van der Waals surface area (Å²) in [5, 5.41) is 0.964. The topological polar surface area (TPSA) is 30.2 Å². The van der Waals surface area contributed by atoms with Crippen molar-refractivity contribution < 1.29 is 4.39 Å². The summed E-state index contributed by atoms with van der Waals surface area (Å²) in [5.41, 5.74) is 3.34. The maximum atomic E-state index is 13.5. The minimum absolute atomic E-state index is 0.280. The first-order valence-corrected chi connectivity index (χ1v) is 8.35. The van der Waals surface area contributed by atoms with Crippen LogP contribution < -0.4 is 0 Å². The van der Waals surface area contributed by atoms with Crippen LogP contribution in [0.2, 0.25) is 0 Å². The zero-order valence-electron chi connectivity index (χ0n) is 13.0. The molecule has 5 heteroatoms. The third kappa shape index (κ3) is 2.78. The average molecular weight is 335 g/mol. The van der Waals surface area contributed by atoms with Crippen LogP contribution in [0.5, 0.6) is 0 Å². The van der Waals surface area contributed by atoms with E-state index in [9.17, 15) is 4.39 Å². The van der Waals surface area contributed by atoms with Crippen molar-refractivity contribution in [2.75, 3.05) is 0 Å². The van der Waals surface area contributed by atoms with Gasteiger partial charge in [0.25, 0.3) is 0 Å². The van der Waals surface area contributed by atoms with Crippen LogP contribution in [0.25, 0.3) is 16.9 Å². The Morgan fingerprint density at radius 1 is 1.04 bits per heavy atom. The van der Waals surface area contributed by atoms with Gasteiger partial charge in [-0.1, -0.05) is 41.6 Å². The van der Waals surface area contributed by atoms with E-state index in [0.717, 1.165) is 21.1 Å². The van der Waals surface area contributed by atoms with Crippen LogP contribution in [0.15, 0.2) is 77.0 Å². The van der Waals surface area contributed by atoms with E-state index in [-0.39, 0.29) is 5.82 Å². The highest BCUT2D eigenvalue weighted by Crippen LogP contribution is 2.31. The number of hydrogen-bond donors (Lipinski definition) is 0. The van der Waals surface area contributed by atoms with E-state index in [1.165, 1.54) is 17.7 Å². The molecular weight excluding hydrogens is 321 g/mol. The zero-order valence-corrected chi connectivity index (χ0v) is 13.8. The van der Waals surface area contributed by atoms with Gasteiger partial charge in [-0.15, -0.1) is 0 Å². The lowest BCUT2D eigenvalue weighted by Crippen LogP contribution is -1.96. The number of hydrogen-bond acceptors (Lipinski definition) is 3. The number of rotatable bonds is 3. The Morgan fingerprint density at radius 2 is 1.88 bits per heavy atom. The Morgan fingerprint density at radius 3 is 2.67 bits per heavy atom. The molecule has 4 rings (SSSR count). The van der Waals surface area contributed by atoms with Crippen molar-refractivity contribution in [3.8, 4) is 11.3 Å². The Hall–Kier alpha value is -2.66. The van der Waals surface area contributed by atoms with E-state index in [0.29, 0.717) is 5.69 Å². The molecule has 3 nitrogen and oxygen atoms in total. The molecule has 0 atom stereocenters. The lowest BCUT2D eigenvalue weighted by Gasteiger charge is -2.09. The molecule has 0 unspecified atom stereocenters. The smallest absolute Gasteiger partial charge is 0.164 e. The van der Waals surface area contributed by atoms with Gasteiger partial charge in [0.2, 0.25) is 0 Å². The molecule has 0 amide bonds. The molecule has 0 radical (unpaired) electrons. The van der Waals surface area contributed by atoms with Gasteiger partial charge in [0.05, 0.1) is 6.20 Å². The molecule has 0 aliphatic carbocycles. The van der Waals surface area contributed by atoms with Crippen LogP contribution >= 0.6 is 11.8 Å². The minimum Gasteiger partial charge on any atom is -0.291 e. The predicted molar refractivity (Wildman–Crippen MR) is 93.7 cm³/mol. The number of aromatic nitrogens is 3. The van der Waals surface area contributed by atoms with Gasteiger partial charge in [0.15, 0.2) is 5.65 Å². The highest BCUT2D eigenvalue weighted by atomic mass is 32.2. The molecular formula is C19H14FN3S. The number of aryl methyl sites for hydroxylation is 1. The van der Waals surface area contributed by atoms with Gasteiger partial charge in [-0.2, -0.15) is 0 Å². The second-order valence-corrected chi connectivity index (χ2v) is 6.59. The molecule has 4 aromatic rings. The zero-order chi connectivity index (χ0) is 16.5. The molecule has 0 aliphatic rings. The monoisotopic (exact) mass is 335 g/mol. The van der Waals surface area contributed by atoms with Crippen molar-refractivity contribution in [3.05, 3.63) is 78.5 Å². The quantitative estimate of drug-likeness (QED) is 0.528. The van der Waals surface area contributed by atoms with E-state index in [1.807, 2.05) is 16.7 Å². The van der Waals surface area contributed by atoms with Crippen molar-refractivity contribution in [2.24, 2.45) is 0 Å². The molecule has 0 saturated heterocycles. The maximum absolute atomic E-state index is 13.5. The fourth-order valence-electron chi connectivity index (χ4n) is 2.54. The van der Waals surface area contributed by atoms with E-state index in [2.05, 4.69) is 41.2 Å². The highest BCUT2D eigenvalue weighted by molar-refractivity contribution is 7.99. The van der Waals surface area contributed by atoms with Crippen LogP contribution in [-0.2, 0) is 0 Å². The molecule has 24 heavy (non-hydrogen) atoms. The summed E-state index contributed by atoms with van der Waals surface area (Å²) in [7, 11) is 0. The number of fused-ring (bicyclic) bond motifs is 1. The number of benzene rings is 2. The van der Waals surface area contributed by atoms with Crippen LogP contribution in [0.3, 0.4) is 0 Å². The summed E-state index contributed by atoms with van der Waals surface area (Å²) in [4.78, 5) is 10.1. The van der Waals surface area contributed by atoms with Crippen LogP contribution in [0, 0.1) is 12.7 Å². The summed E-state index contributed by atoms with van der Waals surface area (Å²) in [5.74, 6) is -0.280. The third-order valence-electron chi connectivity index (χ3n) is 3.74. The molecule has 0 saturated carbocycles. The van der Waals surface area contributed by atoms with Gasteiger partial charge >= 0.3 is 0 Å².